The highest BCUT2D eigenvalue weighted by atomic mass is 35.5. The molecular weight excluding hydrogens is 454 g/mol. The van der Waals surface area contributed by atoms with Crippen LogP contribution in [0.5, 0.6) is 11.5 Å². The van der Waals surface area contributed by atoms with E-state index in [-0.39, 0.29) is 23.8 Å². The average molecular weight is 478 g/mol. The van der Waals surface area contributed by atoms with Crippen LogP contribution in [0, 0.1) is 0 Å². The molecular formula is C21H24ClN5O4S. The van der Waals surface area contributed by atoms with Gasteiger partial charge in [0.05, 0.1) is 25.0 Å². The van der Waals surface area contributed by atoms with Crippen molar-refractivity contribution < 1.29 is 17.9 Å². The fraction of sp³-hybridized carbons (Fsp3) is 0.429. The summed E-state index contributed by atoms with van der Waals surface area (Å²) in [6.07, 6.45) is 6.15. The van der Waals surface area contributed by atoms with E-state index in [9.17, 15) is 8.42 Å². The number of aromatic nitrogens is 5. The molecule has 0 amide bonds. The first-order valence-corrected chi connectivity index (χ1v) is 12.4. The summed E-state index contributed by atoms with van der Waals surface area (Å²) in [6, 6.07) is 5.42. The zero-order valence-corrected chi connectivity index (χ0v) is 19.4. The molecule has 4 rings (SSSR count). The Morgan fingerprint density at radius 3 is 2.31 bits per heavy atom. The van der Waals surface area contributed by atoms with E-state index in [0.29, 0.717) is 33.9 Å². The van der Waals surface area contributed by atoms with Crippen LogP contribution in [0.2, 0.25) is 5.02 Å². The normalized spacial score (nSPS) is 14.2. The van der Waals surface area contributed by atoms with Crippen molar-refractivity contribution in [3.63, 3.8) is 0 Å². The van der Waals surface area contributed by atoms with Gasteiger partial charge in [0, 0.05) is 24.7 Å². The van der Waals surface area contributed by atoms with Crippen LogP contribution >= 0.6 is 11.6 Å². The molecule has 0 unspecified atom stereocenters. The van der Waals surface area contributed by atoms with Crippen LogP contribution in [0.1, 0.15) is 42.7 Å². The van der Waals surface area contributed by atoms with Crippen molar-refractivity contribution in [3.8, 4) is 17.2 Å². The molecule has 0 spiro atoms. The maximum atomic E-state index is 13.0. The summed E-state index contributed by atoms with van der Waals surface area (Å²) in [7, 11) is -0.404. The summed E-state index contributed by atoms with van der Waals surface area (Å²) >= 11 is 5.80. The number of ether oxygens (including phenoxy) is 2. The number of methoxy groups -OCH3 is 2. The second-order valence-electron chi connectivity index (χ2n) is 7.61. The summed E-state index contributed by atoms with van der Waals surface area (Å²) in [5, 5.41) is 9.05. The van der Waals surface area contributed by atoms with Crippen LogP contribution < -0.4 is 9.47 Å². The molecule has 0 N–H and O–H groups in total. The van der Waals surface area contributed by atoms with Crippen LogP contribution in [0.25, 0.3) is 5.69 Å². The van der Waals surface area contributed by atoms with Crippen LogP contribution in [-0.2, 0) is 22.0 Å². The zero-order chi connectivity index (χ0) is 22.7. The quantitative estimate of drug-likeness (QED) is 0.462. The van der Waals surface area contributed by atoms with Gasteiger partial charge >= 0.3 is 0 Å². The smallest absolute Gasteiger partial charge is 0.158 e. The molecule has 2 aromatic heterocycles. The average Bonchev–Trinajstić information content (AvgIpc) is 3.13. The van der Waals surface area contributed by atoms with E-state index in [2.05, 4.69) is 20.2 Å². The SMILES string of the molecule is COc1cccc(OC)c1-n1c(CS(=O)(=O)CCc2ncc(Cl)cn2)nnc1C1CCC1. The van der Waals surface area contributed by atoms with Crippen molar-refractivity contribution in [2.24, 2.45) is 0 Å². The van der Waals surface area contributed by atoms with Gasteiger partial charge in [-0.25, -0.2) is 18.4 Å². The summed E-state index contributed by atoms with van der Waals surface area (Å²) < 4.78 is 38.9. The molecule has 0 aliphatic heterocycles. The lowest BCUT2D eigenvalue weighted by Gasteiger charge is -2.26. The molecule has 9 nitrogen and oxygen atoms in total. The third kappa shape index (κ3) is 4.71. The van der Waals surface area contributed by atoms with Crippen LogP contribution in [0.3, 0.4) is 0 Å². The number of hydrogen-bond acceptors (Lipinski definition) is 8. The van der Waals surface area contributed by atoms with Gasteiger partial charge in [-0.05, 0) is 25.0 Å². The first-order valence-electron chi connectivity index (χ1n) is 10.2. The number of sulfone groups is 1. The van der Waals surface area contributed by atoms with Crippen molar-refractivity contribution in [1.82, 2.24) is 24.7 Å². The number of halogens is 1. The second-order valence-corrected chi connectivity index (χ2v) is 10.2. The van der Waals surface area contributed by atoms with Gasteiger partial charge in [0.2, 0.25) is 0 Å². The summed E-state index contributed by atoms with van der Waals surface area (Å²) in [5.41, 5.74) is 0.607. The molecule has 2 heterocycles. The van der Waals surface area contributed by atoms with Gasteiger partial charge in [-0.3, -0.25) is 4.57 Å². The lowest BCUT2D eigenvalue weighted by molar-refractivity contribution is 0.378. The standard InChI is InChI=1S/C21H24ClN5O4S/c1-30-16-7-4-8-17(31-2)20(16)27-19(25-26-21(27)14-5-3-6-14)13-32(28,29)10-9-18-23-11-15(22)12-24-18/h4,7-8,11-12,14H,3,5-6,9-10,13H2,1-2H3. The van der Waals surface area contributed by atoms with Crippen molar-refractivity contribution in [1.29, 1.82) is 0 Å². The topological polar surface area (TPSA) is 109 Å². The van der Waals surface area contributed by atoms with Crippen LogP contribution in [0.4, 0.5) is 0 Å². The number of benzene rings is 1. The summed E-state index contributed by atoms with van der Waals surface area (Å²) in [5.74, 6) is 2.40. The van der Waals surface area contributed by atoms with E-state index >= 15 is 0 Å². The zero-order valence-electron chi connectivity index (χ0n) is 17.9. The summed E-state index contributed by atoms with van der Waals surface area (Å²) in [6.45, 7) is 0. The summed E-state index contributed by atoms with van der Waals surface area (Å²) in [4.78, 5) is 8.14. The third-order valence-corrected chi connectivity index (χ3v) is 7.23. The Morgan fingerprint density at radius 2 is 1.75 bits per heavy atom. The predicted octanol–water partition coefficient (Wildman–Crippen LogP) is 3.15. The number of rotatable bonds is 9. The molecule has 170 valence electrons. The lowest BCUT2D eigenvalue weighted by atomic mass is 9.84. The molecule has 1 aliphatic carbocycles. The first-order chi connectivity index (χ1) is 15.4. The van der Waals surface area contributed by atoms with Crippen molar-refractivity contribution in [3.05, 3.63) is 53.1 Å². The Kier molecular flexibility index (Phi) is 6.61. The van der Waals surface area contributed by atoms with E-state index in [1.807, 2.05) is 6.07 Å². The van der Waals surface area contributed by atoms with Crippen molar-refractivity contribution >= 4 is 21.4 Å². The Balaban J connectivity index is 1.68. The van der Waals surface area contributed by atoms with Gasteiger partial charge < -0.3 is 9.47 Å². The molecule has 0 atom stereocenters. The largest absolute Gasteiger partial charge is 0.494 e. The van der Waals surface area contributed by atoms with Crippen LogP contribution in [0.15, 0.2) is 30.6 Å². The number of nitrogens with zero attached hydrogens (tertiary/aromatic N) is 5. The minimum Gasteiger partial charge on any atom is -0.494 e. The monoisotopic (exact) mass is 477 g/mol. The predicted molar refractivity (Wildman–Crippen MR) is 119 cm³/mol. The van der Waals surface area contributed by atoms with Gasteiger partial charge in [-0.2, -0.15) is 0 Å². The highest BCUT2D eigenvalue weighted by Gasteiger charge is 2.31. The third-order valence-electron chi connectivity index (χ3n) is 5.51. The molecule has 0 radical (unpaired) electrons. The molecule has 0 bridgehead atoms. The Hall–Kier alpha value is -2.72. The second kappa shape index (κ2) is 9.41. The van der Waals surface area contributed by atoms with Gasteiger partial charge in [0.15, 0.2) is 15.7 Å². The number of para-hydroxylation sites is 1. The number of hydrogen-bond donors (Lipinski definition) is 0. The maximum absolute atomic E-state index is 13.0. The molecule has 3 aromatic rings. The highest BCUT2D eigenvalue weighted by Crippen LogP contribution is 2.40. The van der Waals surface area contributed by atoms with Gasteiger partial charge in [-0.1, -0.05) is 24.1 Å². The van der Waals surface area contributed by atoms with E-state index in [0.717, 1.165) is 25.1 Å². The van der Waals surface area contributed by atoms with Gasteiger partial charge in [0.25, 0.3) is 0 Å². The fourth-order valence-electron chi connectivity index (χ4n) is 3.63. The van der Waals surface area contributed by atoms with Gasteiger partial charge in [-0.15, -0.1) is 10.2 Å². The minimum atomic E-state index is -3.53. The number of aryl methyl sites for hydroxylation is 1. The molecule has 1 saturated carbocycles. The minimum absolute atomic E-state index is 0.122. The van der Waals surface area contributed by atoms with E-state index in [4.69, 9.17) is 21.1 Å². The Bertz CT molecular complexity index is 1170. The van der Waals surface area contributed by atoms with E-state index in [1.54, 1.807) is 30.9 Å². The van der Waals surface area contributed by atoms with Gasteiger partial charge in [0.1, 0.15) is 34.6 Å². The molecule has 1 aliphatic rings. The first kappa shape index (κ1) is 22.5. The molecule has 0 saturated heterocycles. The van der Waals surface area contributed by atoms with E-state index < -0.39 is 9.84 Å². The molecule has 1 aromatic carbocycles. The lowest BCUT2D eigenvalue weighted by Crippen LogP contribution is -2.19. The van der Waals surface area contributed by atoms with Crippen LogP contribution in [-0.4, -0.2) is 53.1 Å². The highest BCUT2D eigenvalue weighted by molar-refractivity contribution is 7.90. The molecule has 32 heavy (non-hydrogen) atoms. The maximum Gasteiger partial charge on any atom is 0.158 e. The molecule has 11 heteroatoms. The molecule has 1 fully saturated rings. The van der Waals surface area contributed by atoms with Crippen molar-refractivity contribution in [2.45, 2.75) is 37.4 Å². The Labute approximate surface area is 191 Å². The van der Waals surface area contributed by atoms with Crippen molar-refractivity contribution in [2.75, 3.05) is 20.0 Å². The van der Waals surface area contributed by atoms with E-state index in [1.165, 1.54) is 12.4 Å². The Morgan fingerprint density at radius 1 is 1.09 bits per heavy atom. The fourth-order valence-corrected chi connectivity index (χ4v) is 4.95.